The number of hydrogen-bond donors (Lipinski definition) is 0. The van der Waals surface area contributed by atoms with Gasteiger partial charge in [-0.2, -0.15) is 9.78 Å². The molecule has 0 saturated carbocycles. The predicted molar refractivity (Wildman–Crippen MR) is 45.4 cm³/mol. The van der Waals surface area contributed by atoms with Crippen LogP contribution in [0.15, 0.2) is 30.3 Å². The maximum atomic E-state index is 4.82. The van der Waals surface area contributed by atoms with Crippen LogP contribution in [0.4, 0.5) is 0 Å². The molecule has 0 aromatic heterocycles. The first-order valence-electron chi connectivity index (χ1n) is 3.82. The Bertz CT molecular complexity index is 218. The van der Waals surface area contributed by atoms with Crippen LogP contribution in [0.5, 0.6) is 0 Å². The van der Waals surface area contributed by atoms with Gasteiger partial charge in [-0.3, -0.25) is 0 Å². The number of rotatable bonds is 5. The second-order valence-electron chi connectivity index (χ2n) is 2.27. The number of benzene rings is 1. The highest BCUT2D eigenvalue weighted by atomic mass is 17.3. The van der Waals surface area contributed by atoms with Crippen molar-refractivity contribution in [2.75, 3.05) is 14.2 Å². The number of hydrogen-bond acceptors (Lipinski definition) is 4. The highest BCUT2D eigenvalue weighted by molar-refractivity contribution is 5.15. The fourth-order valence-corrected chi connectivity index (χ4v) is 0.912. The molecule has 0 radical (unpaired) electrons. The van der Waals surface area contributed by atoms with E-state index in [1.54, 1.807) is 0 Å². The van der Waals surface area contributed by atoms with Crippen molar-refractivity contribution in [3.63, 3.8) is 0 Å². The molecule has 0 spiro atoms. The molecule has 1 aromatic carbocycles. The molecule has 0 unspecified atom stereocenters. The summed E-state index contributed by atoms with van der Waals surface area (Å²) in [5, 5.41) is 0. The van der Waals surface area contributed by atoms with Crippen molar-refractivity contribution in [1.82, 2.24) is 0 Å². The molecule has 0 amide bonds. The molecule has 0 atom stereocenters. The molecule has 0 aliphatic carbocycles. The third kappa shape index (κ3) is 3.12. The van der Waals surface area contributed by atoms with Crippen LogP contribution in [0.1, 0.15) is 11.9 Å². The zero-order valence-corrected chi connectivity index (χ0v) is 7.60. The standard InChI is InChI=1S/C9H12O4/c1-10-12-9(13-11-2)8-6-4-3-5-7-8/h3-7,9H,1-2H3. The molecule has 1 aromatic rings. The van der Waals surface area contributed by atoms with Gasteiger partial charge in [0.1, 0.15) is 0 Å². The minimum Gasteiger partial charge on any atom is -0.237 e. The largest absolute Gasteiger partial charge is 0.249 e. The molecule has 0 fully saturated rings. The van der Waals surface area contributed by atoms with E-state index in [0.29, 0.717) is 0 Å². The first kappa shape index (κ1) is 10.1. The van der Waals surface area contributed by atoms with Crippen molar-refractivity contribution in [2.24, 2.45) is 0 Å². The monoisotopic (exact) mass is 184 g/mol. The van der Waals surface area contributed by atoms with E-state index in [0.717, 1.165) is 5.56 Å². The van der Waals surface area contributed by atoms with Gasteiger partial charge in [0, 0.05) is 5.56 Å². The molecule has 13 heavy (non-hydrogen) atoms. The fourth-order valence-electron chi connectivity index (χ4n) is 0.912. The van der Waals surface area contributed by atoms with E-state index < -0.39 is 6.29 Å². The van der Waals surface area contributed by atoms with Crippen LogP contribution in [-0.4, -0.2) is 14.2 Å². The Morgan fingerprint density at radius 2 is 1.46 bits per heavy atom. The van der Waals surface area contributed by atoms with Crippen molar-refractivity contribution < 1.29 is 19.6 Å². The molecule has 72 valence electrons. The minimum absolute atomic E-state index is 0.656. The Balaban J connectivity index is 2.64. The highest BCUT2D eigenvalue weighted by Gasteiger charge is 2.12. The topological polar surface area (TPSA) is 36.9 Å². The summed E-state index contributed by atoms with van der Waals surface area (Å²) in [7, 11) is 2.82. The SMILES string of the molecule is COOC(OOC)c1ccccc1. The first-order valence-corrected chi connectivity index (χ1v) is 3.82. The van der Waals surface area contributed by atoms with Crippen LogP contribution in [-0.2, 0) is 19.6 Å². The molecule has 1 rings (SSSR count). The normalized spacial score (nSPS) is 10.7. The van der Waals surface area contributed by atoms with Crippen LogP contribution in [0.25, 0.3) is 0 Å². The molecule has 0 N–H and O–H groups in total. The van der Waals surface area contributed by atoms with E-state index in [4.69, 9.17) is 9.78 Å². The summed E-state index contributed by atoms with van der Waals surface area (Å²) in [5.41, 5.74) is 0.825. The van der Waals surface area contributed by atoms with Gasteiger partial charge in [0.25, 0.3) is 0 Å². The quantitative estimate of drug-likeness (QED) is 0.397. The van der Waals surface area contributed by atoms with Gasteiger partial charge in [-0.1, -0.05) is 30.3 Å². The fraction of sp³-hybridized carbons (Fsp3) is 0.333. The molecular weight excluding hydrogens is 172 g/mol. The van der Waals surface area contributed by atoms with Crippen LogP contribution in [0, 0.1) is 0 Å². The minimum atomic E-state index is -0.656. The van der Waals surface area contributed by atoms with Crippen LogP contribution in [0.3, 0.4) is 0 Å². The summed E-state index contributed by atoms with van der Waals surface area (Å²) < 4.78 is 0. The Morgan fingerprint density at radius 3 is 1.92 bits per heavy atom. The summed E-state index contributed by atoms with van der Waals surface area (Å²) >= 11 is 0. The molecule has 4 heteroatoms. The second kappa shape index (κ2) is 5.66. The summed E-state index contributed by atoms with van der Waals surface area (Å²) in [6.07, 6.45) is -0.656. The third-order valence-electron chi connectivity index (χ3n) is 1.44. The maximum Gasteiger partial charge on any atom is 0.249 e. The van der Waals surface area contributed by atoms with Crippen molar-refractivity contribution in [1.29, 1.82) is 0 Å². The molecule has 0 aliphatic heterocycles. The highest BCUT2D eigenvalue weighted by Crippen LogP contribution is 2.18. The lowest BCUT2D eigenvalue weighted by atomic mass is 10.2. The lowest BCUT2D eigenvalue weighted by Crippen LogP contribution is -2.07. The van der Waals surface area contributed by atoms with Crippen molar-refractivity contribution in [2.45, 2.75) is 6.29 Å². The third-order valence-corrected chi connectivity index (χ3v) is 1.44. The molecule has 0 saturated heterocycles. The molecular formula is C9H12O4. The maximum absolute atomic E-state index is 4.82. The summed E-state index contributed by atoms with van der Waals surface area (Å²) in [4.78, 5) is 18.7. The molecule has 0 heterocycles. The average Bonchev–Trinajstić information content (AvgIpc) is 2.19. The van der Waals surface area contributed by atoms with E-state index in [1.165, 1.54) is 14.2 Å². The van der Waals surface area contributed by atoms with E-state index >= 15 is 0 Å². The predicted octanol–water partition coefficient (Wildman–Crippen LogP) is 1.84. The lowest BCUT2D eigenvalue weighted by Gasteiger charge is -2.13. The summed E-state index contributed by atoms with van der Waals surface area (Å²) in [6.45, 7) is 0. The van der Waals surface area contributed by atoms with E-state index in [-0.39, 0.29) is 0 Å². The first-order chi connectivity index (χ1) is 6.38. The van der Waals surface area contributed by atoms with Gasteiger partial charge in [0.15, 0.2) is 0 Å². The molecule has 0 bridgehead atoms. The smallest absolute Gasteiger partial charge is 0.237 e. The van der Waals surface area contributed by atoms with Gasteiger partial charge in [-0.05, 0) is 0 Å². The van der Waals surface area contributed by atoms with Crippen LogP contribution in [0.2, 0.25) is 0 Å². The molecule has 4 nitrogen and oxygen atoms in total. The van der Waals surface area contributed by atoms with Gasteiger partial charge in [-0.25, -0.2) is 9.78 Å². The Hall–Kier alpha value is -0.940. The van der Waals surface area contributed by atoms with E-state index in [1.807, 2.05) is 30.3 Å². The summed E-state index contributed by atoms with van der Waals surface area (Å²) in [5.74, 6) is 0. The van der Waals surface area contributed by atoms with E-state index in [9.17, 15) is 0 Å². The second-order valence-corrected chi connectivity index (χ2v) is 2.27. The Kier molecular flexibility index (Phi) is 4.42. The average molecular weight is 184 g/mol. The van der Waals surface area contributed by atoms with Crippen molar-refractivity contribution in [3.8, 4) is 0 Å². The van der Waals surface area contributed by atoms with E-state index in [2.05, 4.69) is 9.78 Å². The van der Waals surface area contributed by atoms with Crippen LogP contribution < -0.4 is 0 Å². The van der Waals surface area contributed by atoms with Gasteiger partial charge < -0.3 is 0 Å². The van der Waals surface area contributed by atoms with Crippen LogP contribution >= 0.6 is 0 Å². The molecule has 0 aliphatic rings. The zero-order valence-electron chi connectivity index (χ0n) is 7.60. The Morgan fingerprint density at radius 1 is 0.923 bits per heavy atom. The van der Waals surface area contributed by atoms with Gasteiger partial charge >= 0.3 is 0 Å². The van der Waals surface area contributed by atoms with Crippen molar-refractivity contribution >= 4 is 0 Å². The summed E-state index contributed by atoms with van der Waals surface area (Å²) in [6, 6.07) is 9.35. The zero-order chi connectivity index (χ0) is 9.52. The van der Waals surface area contributed by atoms with Gasteiger partial charge in [-0.15, -0.1) is 0 Å². The van der Waals surface area contributed by atoms with Crippen molar-refractivity contribution in [3.05, 3.63) is 35.9 Å². The Labute approximate surface area is 76.8 Å². The lowest BCUT2D eigenvalue weighted by molar-refractivity contribution is -0.454. The van der Waals surface area contributed by atoms with Gasteiger partial charge in [0.05, 0.1) is 14.2 Å². The van der Waals surface area contributed by atoms with Gasteiger partial charge in [0.2, 0.25) is 6.29 Å².